The number of nitrogens with two attached hydrogens (primary N) is 1. The van der Waals surface area contributed by atoms with Crippen LogP contribution >= 0.6 is 0 Å². The highest BCUT2D eigenvalue weighted by molar-refractivity contribution is 5.57. The van der Waals surface area contributed by atoms with Gasteiger partial charge in [-0.25, -0.2) is 0 Å². The third kappa shape index (κ3) is 4.23. The number of para-hydroxylation sites is 2. The Kier molecular flexibility index (Phi) is 6.26. The minimum atomic E-state index is -0.436. The fourth-order valence-corrected chi connectivity index (χ4v) is 3.76. The van der Waals surface area contributed by atoms with Gasteiger partial charge < -0.3 is 29.4 Å². The Hall–Kier alpha value is -4.32. The predicted molar refractivity (Wildman–Crippen MR) is 120 cm³/mol. The van der Waals surface area contributed by atoms with E-state index >= 15 is 0 Å². The molecule has 0 bridgehead atoms. The highest BCUT2D eigenvalue weighted by atomic mass is 16.5. The average Bonchev–Trinajstić information content (AvgIpc) is 3.20. The number of nitrogens with one attached hydrogen (secondary N) is 1. The van der Waals surface area contributed by atoms with Crippen molar-refractivity contribution in [3.8, 4) is 34.9 Å². The van der Waals surface area contributed by atoms with Crippen LogP contribution in [0.1, 0.15) is 22.7 Å². The van der Waals surface area contributed by atoms with E-state index in [1.54, 1.807) is 20.3 Å². The molecule has 0 amide bonds. The number of hydrogen-bond donors (Lipinski definition) is 2. The van der Waals surface area contributed by atoms with Gasteiger partial charge in [0.2, 0.25) is 11.8 Å². The van der Waals surface area contributed by atoms with E-state index in [2.05, 4.69) is 16.3 Å². The molecule has 1 unspecified atom stereocenters. The molecular formula is C24H24N4O5. The number of hydrogen-bond acceptors (Lipinski definition) is 8. The number of aryl methyl sites for hydroxylation is 1. The molecule has 2 aromatic carbocycles. The molecule has 0 fully saturated rings. The van der Waals surface area contributed by atoms with Crippen LogP contribution in [0.5, 0.6) is 28.9 Å². The number of nitriles is 1. The number of aromatic nitrogens is 2. The molecule has 0 saturated heterocycles. The van der Waals surface area contributed by atoms with Gasteiger partial charge in [-0.1, -0.05) is 18.2 Å². The van der Waals surface area contributed by atoms with Crippen molar-refractivity contribution in [3.63, 3.8) is 0 Å². The summed E-state index contributed by atoms with van der Waals surface area (Å²) in [5.41, 5.74) is 8.67. The Bertz CT molecular complexity index is 1230. The second-order valence-electron chi connectivity index (χ2n) is 7.25. The summed E-state index contributed by atoms with van der Waals surface area (Å²) in [5.74, 6) is 2.34. The van der Waals surface area contributed by atoms with Gasteiger partial charge in [0.05, 0.1) is 20.1 Å². The molecule has 1 aliphatic heterocycles. The summed E-state index contributed by atoms with van der Waals surface area (Å²) in [5, 5.41) is 16.8. The number of ether oxygens (including phenoxy) is 5. The summed E-state index contributed by atoms with van der Waals surface area (Å²) in [4.78, 5) is 0. The molecule has 0 radical (unpaired) electrons. The van der Waals surface area contributed by atoms with Crippen molar-refractivity contribution in [2.75, 3.05) is 27.4 Å². The predicted octanol–water partition coefficient (Wildman–Crippen LogP) is 3.41. The Morgan fingerprint density at radius 2 is 1.70 bits per heavy atom. The molecule has 9 heteroatoms. The number of allylic oxidation sites excluding steroid dienone is 1. The third-order valence-electron chi connectivity index (χ3n) is 5.32. The summed E-state index contributed by atoms with van der Waals surface area (Å²) >= 11 is 0. The van der Waals surface area contributed by atoms with E-state index in [9.17, 15) is 5.26 Å². The lowest BCUT2D eigenvalue weighted by atomic mass is 9.84. The van der Waals surface area contributed by atoms with E-state index < -0.39 is 5.92 Å². The van der Waals surface area contributed by atoms with Crippen molar-refractivity contribution in [2.24, 2.45) is 5.73 Å². The molecule has 170 valence electrons. The number of rotatable bonds is 8. The maximum Gasteiger partial charge on any atom is 0.244 e. The van der Waals surface area contributed by atoms with E-state index in [-0.39, 0.29) is 5.88 Å². The first-order valence-corrected chi connectivity index (χ1v) is 10.3. The van der Waals surface area contributed by atoms with Crippen molar-refractivity contribution in [1.82, 2.24) is 10.2 Å². The SMILES string of the molecule is COc1ccccc1OCCOc1ccc(C2C(C#N)=C(N)Oc3n[nH]c(C)c32)cc1OC. The first kappa shape index (κ1) is 21.9. The highest BCUT2D eigenvalue weighted by Crippen LogP contribution is 2.44. The zero-order valence-corrected chi connectivity index (χ0v) is 18.5. The van der Waals surface area contributed by atoms with Gasteiger partial charge in [0.25, 0.3) is 0 Å². The van der Waals surface area contributed by atoms with E-state index in [1.807, 2.05) is 43.3 Å². The molecule has 3 N–H and O–H groups in total. The Labute approximate surface area is 191 Å². The lowest BCUT2D eigenvalue weighted by Crippen LogP contribution is -2.21. The Morgan fingerprint density at radius 3 is 2.36 bits per heavy atom. The van der Waals surface area contributed by atoms with E-state index in [4.69, 9.17) is 29.4 Å². The topological polar surface area (TPSA) is 125 Å². The van der Waals surface area contributed by atoms with Crippen LogP contribution in [0, 0.1) is 18.3 Å². The van der Waals surface area contributed by atoms with Crippen molar-refractivity contribution in [3.05, 3.63) is 70.7 Å². The smallest absolute Gasteiger partial charge is 0.244 e. The number of methoxy groups -OCH3 is 2. The van der Waals surface area contributed by atoms with E-state index in [0.29, 0.717) is 47.7 Å². The summed E-state index contributed by atoms with van der Waals surface area (Å²) < 4.78 is 28.0. The van der Waals surface area contributed by atoms with Gasteiger partial charge >= 0.3 is 0 Å². The molecule has 33 heavy (non-hydrogen) atoms. The minimum absolute atomic E-state index is 0.0364. The summed E-state index contributed by atoms with van der Waals surface area (Å²) in [6.07, 6.45) is 0. The van der Waals surface area contributed by atoms with Crippen LogP contribution < -0.4 is 29.4 Å². The molecule has 1 aliphatic rings. The molecule has 0 aliphatic carbocycles. The maximum absolute atomic E-state index is 9.73. The minimum Gasteiger partial charge on any atom is -0.493 e. The highest BCUT2D eigenvalue weighted by Gasteiger charge is 2.34. The molecule has 4 rings (SSSR count). The Balaban J connectivity index is 1.53. The van der Waals surface area contributed by atoms with Crippen molar-refractivity contribution < 1.29 is 23.7 Å². The van der Waals surface area contributed by atoms with Crippen LogP contribution in [0.4, 0.5) is 0 Å². The molecule has 3 aromatic rings. The summed E-state index contributed by atoms with van der Waals surface area (Å²) in [7, 11) is 3.16. The second kappa shape index (κ2) is 9.44. The molecule has 0 saturated carbocycles. The zero-order chi connectivity index (χ0) is 23.4. The Morgan fingerprint density at radius 1 is 1.03 bits per heavy atom. The van der Waals surface area contributed by atoms with Gasteiger partial charge in [-0.15, -0.1) is 5.10 Å². The molecule has 1 aromatic heterocycles. The molecule has 9 nitrogen and oxygen atoms in total. The zero-order valence-electron chi connectivity index (χ0n) is 18.5. The number of nitrogens with zero attached hydrogens (tertiary/aromatic N) is 2. The van der Waals surface area contributed by atoms with Gasteiger partial charge in [-0.2, -0.15) is 5.26 Å². The van der Waals surface area contributed by atoms with Crippen molar-refractivity contribution in [2.45, 2.75) is 12.8 Å². The summed E-state index contributed by atoms with van der Waals surface area (Å²) in [6, 6.07) is 15.1. The normalized spacial score (nSPS) is 14.7. The standard InChI is InChI=1S/C24H24N4O5/c1-14-21-22(16(13-25)23(26)33-24(21)28-27-14)15-8-9-19(20(12-15)30-3)32-11-10-31-18-7-5-4-6-17(18)29-2/h4-9,12,22H,10-11,26H2,1-3H3,(H,27,28). The second-order valence-corrected chi connectivity index (χ2v) is 7.25. The third-order valence-corrected chi connectivity index (χ3v) is 5.32. The lowest BCUT2D eigenvalue weighted by molar-refractivity contribution is 0.206. The summed E-state index contributed by atoms with van der Waals surface area (Å²) in [6.45, 7) is 2.49. The van der Waals surface area contributed by atoms with Crippen molar-refractivity contribution in [1.29, 1.82) is 5.26 Å². The number of fused-ring (bicyclic) bond motifs is 1. The maximum atomic E-state index is 9.73. The quantitative estimate of drug-likeness (QED) is 0.502. The van der Waals surface area contributed by atoms with E-state index in [1.165, 1.54) is 0 Å². The molecule has 2 heterocycles. The van der Waals surface area contributed by atoms with Crippen LogP contribution in [0.25, 0.3) is 0 Å². The van der Waals surface area contributed by atoms with Gasteiger partial charge in [0, 0.05) is 11.3 Å². The number of aromatic amines is 1. The van der Waals surface area contributed by atoms with Gasteiger partial charge in [0.1, 0.15) is 24.9 Å². The number of H-pyrrole nitrogens is 1. The lowest BCUT2D eigenvalue weighted by Gasteiger charge is -2.24. The number of benzene rings is 2. The van der Waals surface area contributed by atoms with Gasteiger partial charge in [-0.3, -0.25) is 5.10 Å². The van der Waals surface area contributed by atoms with Crippen LogP contribution in [-0.4, -0.2) is 37.6 Å². The van der Waals surface area contributed by atoms with Crippen LogP contribution in [-0.2, 0) is 0 Å². The molecular weight excluding hydrogens is 424 g/mol. The van der Waals surface area contributed by atoms with Gasteiger partial charge in [-0.05, 0) is 36.8 Å². The molecule has 0 spiro atoms. The van der Waals surface area contributed by atoms with Crippen LogP contribution in [0.2, 0.25) is 0 Å². The fraction of sp³-hybridized carbons (Fsp3) is 0.250. The molecule has 1 atom stereocenters. The average molecular weight is 448 g/mol. The fourth-order valence-electron chi connectivity index (χ4n) is 3.76. The largest absolute Gasteiger partial charge is 0.493 e. The first-order valence-electron chi connectivity index (χ1n) is 10.3. The monoisotopic (exact) mass is 448 g/mol. The van der Waals surface area contributed by atoms with Crippen molar-refractivity contribution >= 4 is 0 Å². The van der Waals surface area contributed by atoms with Crippen LogP contribution in [0.3, 0.4) is 0 Å². The van der Waals surface area contributed by atoms with Crippen LogP contribution in [0.15, 0.2) is 53.9 Å². The van der Waals surface area contributed by atoms with Gasteiger partial charge in [0.15, 0.2) is 23.0 Å². The van der Waals surface area contributed by atoms with E-state index in [0.717, 1.165) is 16.8 Å². The first-order chi connectivity index (χ1) is 16.1.